The van der Waals surface area contributed by atoms with Crippen molar-refractivity contribution in [1.29, 1.82) is 0 Å². The molecule has 0 saturated carbocycles. The van der Waals surface area contributed by atoms with Crippen LogP contribution < -0.4 is 5.32 Å². The predicted octanol–water partition coefficient (Wildman–Crippen LogP) is 3.83. The first kappa shape index (κ1) is 14.0. The number of aromatic nitrogens is 1. The van der Waals surface area contributed by atoms with E-state index in [1.807, 2.05) is 26.0 Å². The molecule has 0 unspecified atom stereocenters. The minimum absolute atomic E-state index is 0.126. The van der Waals surface area contributed by atoms with E-state index in [0.717, 1.165) is 38.3 Å². The fourth-order valence-electron chi connectivity index (χ4n) is 1.85. The summed E-state index contributed by atoms with van der Waals surface area (Å²) in [6.45, 7) is 4.58. The highest BCUT2D eigenvalue weighted by Gasteiger charge is 2.09. The number of hydrogen-bond donors (Lipinski definition) is 2. The number of nitrogens with one attached hydrogen (secondary N) is 1. The van der Waals surface area contributed by atoms with E-state index in [1.165, 1.54) is 0 Å². The summed E-state index contributed by atoms with van der Waals surface area (Å²) >= 11 is 4.60. The molecule has 100 valence electrons. The predicted molar refractivity (Wildman–Crippen MR) is 80.0 cm³/mol. The average Bonchev–Trinajstić information content (AvgIpc) is 2.76. The molecule has 0 aliphatic rings. The summed E-state index contributed by atoms with van der Waals surface area (Å²) in [5, 5.41) is 14.0. The number of aryl methyl sites for hydroxylation is 2. The minimum atomic E-state index is -0.979. The molecular weight excluding hydrogens is 328 g/mol. The zero-order valence-corrected chi connectivity index (χ0v) is 12.9. The number of rotatable bonds is 4. The van der Waals surface area contributed by atoms with Crippen molar-refractivity contribution in [3.05, 3.63) is 43.8 Å². The van der Waals surface area contributed by atoms with Gasteiger partial charge in [-0.3, -0.25) is 0 Å². The van der Waals surface area contributed by atoms with Crippen LogP contribution in [0.15, 0.2) is 22.0 Å². The van der Waals surface area contributed by atoms with Crippen LogP contribution in [0.4, 0.5) is 5.69 Å². The summed E-state index contributed by atoms with van der Waals surface area (Å²) in [7, 11) is 0. The van der Waals surface area contributed by atoms with Crippen molar-refractivity contribution < 1.29 is 9.90 Å². The summed E-state index contributed by atoms with van der Waals surface area (Å²) in [6.07, 6.45) is 0. The number of thiazole rings is 1. The van der Waals surface area contributed by atoms with Gasteiger partial charge in [-0.05, 0) is 37.1 Å². The molecule has 1 aromatic heterocycles. The average molecular weight is 341 g/mol. The highest BCUT2D eigenvalue weighted by atomic mass is 79.9. The first-order valence-corrected chi connectivity index (χ1v) is 7.33. The number of carbonyl (C=O) groups is 1. The molecule has 1 heterocycles. The maximum absolute atomic E-state index is 10.8. The Bertz CT molecular complexity index is 602. The van der Waals surface area contributed by atoms with Crippen molar-refractivity contribution >= 4 is 38.9 Å². The van der Waals surface area contributed by atoms with Crippen LogP contribution >= 0.6 is 27.3 Å². The van der Waals surface area contributed by atoms with Gasteiger partial charge in [0, 0.05) is 15.5 Å². The van der Waals surface area contributed by atoms with Gasteiger partial charge in [0.25, 0.3) is 0 Å². The van der Waals surface area contributed by atoms with Gasteiger partial charge in [-0.1, -0.05) is 15.9 Å². The number of aromatic carboxylic acids is 1. The first-order valence-electron chi connectivity index (χ1n) is 5.65. The third kappa shape index (κ3) is 3.33. The highest BCUT2D eigenvalue weighted by Crippen LogP contribution is 2.25. The number of halogens is 1. The van der Waals surface area contributed by atoms with Crippen LogP contribution in [-0.2, 0) is 6.54 Å². The largest absolute Gasteiger partial charge is 0.476 e. The van der Waals surface area contributed by atoms with Crippen molar-refractivity contribution in [2.45, 2.75) is 20.4 Å². The molecule has 6 heteroatoms. The van der Waals surface area contributed by atoms with Crippen LogP contribution in [0.25, 0.3) is 0 Å². The van der Waals surface area contributed by atoms with Crippen LogP contribution in [0.2, 0.25) is 0 Å². The third-order valence-corrected chi connectivity index (χ3v) is 4.02. The zero-order chi connectivity index (χ0) is 14.0. The van der Waals surface area contributed by atoms with Gasteiger partial charge in [-0.2, -0.15) is 0 Å². The Morgan fingerprint density at radius 2 is 2.05 bits per heavy atom. The third-order valence-electron chi connectivity index (χ3n) is 2.68. The summed E-state index contributed by atoms with van der Waals surface area (Å²) in [4.78, 5) is 14.8. The quantitative estimate of drug-likeness (QED) is 0.887. The molecule has 0 bridgehead atoms. The number of anilines is 1. The second kappa shape index (κ2) is 5.71. The Morgan fingerprint density at radius 3 is 2.58 bits per heavy atom. The van der Waals surface area contributed by atoms with Crippen LogP contribution in [0.3, 0.4) is 0 Å². The molecule has 0 saturated heterocycles. The van der Waals surface area contributed by atoms with Crippen LogP contribution in [0.5, 0.6) is 0 Å². The van der Waals surface area contributed by atoms with E-state index < -0.39 is 5.97 Å². The van der Waals surface area contributed by atoms with E-state index in [4.69, 9.17) is 5.11 Å². The summed E-state index contributed by atoms with van der Waals surface area (Å²) < 4.78 is 1.05. The topological polar surface area (TPSA) is 62.2 Å². The van der Waals surface area contributed by atoms with Crippen molar-refractivity contribution in [1.82, 2.24) is 4.98 Å². The monoisotopic (exact) mass is 340 g/mol. The second-order valence-electron chi connectivity index (χ2n) is 4.22. The second-order valence-corrected chi connectivity index (χ2v) is 5.99. The molecule has 0 radical (unpaired) electrons. The molecule has 0 fully saturated rings. The molecular formula is C13H13BrN2O2S. The van der Waals surface area contributed by atoms with Crippen LogP contribution in [0.1, 0.15) is 26.6 Å². The number of carboxylic acids is 1. The van der Waals surface area contributed by atoms with E-state index in [-0.39, 0.29) is 5.01 Å². The molecule has 4 nitrogen and oxygen atoms in total. The maximum Gasteiger partial charge on any atom is 0.365 e. The van der Waals surface area contributed by atoms with Gasteiger partial charge in [0.15, 0.2) is 0 Å². The first-order chi connectivity index (χ1) is 8.97. The smallest absolute Gasteiger partial charge is 0.365 e. The van der Waals surface area contributed by atoms with Crippen molar-refractivity contribution in [3.8, 4) is 0 Å². The summed E-state index contributed by atoms with van der Waals surface area (Å²) in [6, 6.07) is 4.08. The molecule has 2 N–H and O–H groups in total. The molecule has 0 aliphatic carbocycles. The van der Waals surface area contributed by atoms with Gasteiger partial charge in [-0.15, -0.1) is 11.3 Å². The Hall–Kier alpha value is -1.40. The molecule has 2 aromatic rings. The Labute approximate surface area is 123 Å². The molecule has 1 aromatic carbocycles. The van der Waals surface area contributed by atoms with Crippen LogP contribution in [0, 0.1) is 13.8 Å². The number of carboxylic acid groups (broad SMARTS) is 1. The van der Waals surface area contributed by atoms with E-state index in [0.29, 0.717) is 6.54 Å². The van der Waals surface area contributed by atoms with E-state index in [9.17, 15) is 4.79 Å². The normalized spacial score (nSPS) is 10.5. The number of benzene rings is 1. The molecule has 0 aliphatic heterocycles. The van der Waals surface area contributed by atoms with Crippen LogP contribution in [-0.4, -0.2) is 16.1 Å². The lowest BCUT2D eigenvalue weighted by Crippen LogP contribution is -2.04. The van der Waals surface area contributed by atoms with Gasteiger partial charge >= 0.3 is 5.97 Å². The lowest BCUT2D eigenvalue weighted by atomic mass is 10.1. The zero-order valence-electron chi connectivity index (χ0n) is 10.5. The minimum Gasteiger partial charge on any atom is -0.476 e. The Balaban J connectivity index is 2.12. The fraction of sp³-hybridized carbons (Fsp3) is 0.231. The molecule has 0 amide bonds. The van der Waals surface area contributed by atoms with Crippen molar-refractivity contribution in [3.63, 3.8) is 0 Å². The van der Waals surface area contributed by atoms with Gasteiger partial charge in [0.2, 0.25) is 5.01 Å². The summed E-state index contributed by atoms with van der Waals surface area (Å²) in [5.41, 5.74) is 4.08. The highest BCUT2D eigenvalue weighted by molar-refractivity contribution is 9.10. The van der Waals surface area contributed by atoms with Gasteiger partial charge in [0.1, 0.15) is 0 Å². The van der Waals surface area contributed by atoms with Gasteiger partial charge in [0.05, 0.1) is 12.2 Å². The van der Waals surface area contributed by atoms with E-state index in [2.05, 4.69) is 26.2 Å². The number of nitrogens with zero attached hydrogens (tertiary/aromatic N) is 1. The molecule has 19 heavy (non-hydrogen) atoms. The van der Waals surface area contributed by atoms with E-state index in [1.54, 1.807) is 5.38 Å². The van der Waals surface area contributed by atoms with Gasteiger partial charge in [-0.25, -0.2) is 9.78 Å². The van der Waals surface area contributed by atoms with E-state index >= 15 is 0 Å². The lowest BCUT2D eigenvalue weighted by Gasteiger charge is -2.12. The van der Waals surface area contributed by atoms with Gasteiger partial charge < -0.3 is 10.4 Å². The molecule has 2 rings (SSSR count). The molecule has 0 atom stereocenters. The van der Waals surface area contributed by atoms with Crippen molar-refractivity contribution in [2.24, 2.45) is 0 Å². The molecule has 0 spiro atoms. The lowest BCUT2D eigenvalue weighted by molar-refractivity contribution is 0.0696. The standard InChI is InChI=1S/C13H13BrN2O2S/c1-7-3-9(14)4-8(2)11(7)15-5-10-6-19-12(16-10)13(17)18/h3-4,6,15H,5H2,1-2H3,(H,17,18). The SMILES string of the molecule is Cc1cc(Br)cc(C)c1NCc1csc(C(=O)O)n1. The Kier molecular flexibility index (Phi) is 4.21. The fourth-order valence-corrected chi connectivity index (χ4v) is 3.20. The van der Waals surface area contributed by atoms with Crippen molar-refractivity contribution in [2.75, 3.05) is 5.32 Å². The number of hydrogen-bond acceptors (Lipinski definition) is 4. The summed E-state index contributed by atoms with van der Waals surface area (Å²) in [5.74, 6) is -0.979. The Morgan fingerprint density at radius 1 is 1.42 bits per heavy atom. The maximum atomic E-state index is 10.8.